The van der Waals surface area contributed by atoms with Crippen LogP contribution in [-0.2, 0) is 9.84 Å². The summed E-state index contributed by atoms with van der Waals surface area (Å²) in [6, 6.07) is 6.31. The molecular formula is C13H16ClNO3S. The Morgan fingerprint density at radius 2 is 1.84 bits per heavy atom. The predicted molar refractivity (Wildman–Crippen MR) is 75.2 cm³/mol. The van der Waals surface area contributed by atoms with E-state index in [2.05, 4.69) is 0 Å². The van der Waals surface area contributed by atoms with Crippen LogP contribution in [0, 0.1) is 0 Å². The lowest BCUT2D eigenvalue weighted by Crippen LogP contribution is -2.54. The summed E-state index contributed by atoms with van der Waals surface area (Å²) in [5, 5.41) is 0.0386. The van der Waals surface area contributed by atoms with Gasteiger partial charge in [0.05, 0.1) is 11.0 Å². The third kappa shape index (κ3) is 2.77. The molecule has 1 aliphatic rings. The average molecular weight is 302 g/mol. The summed E-state index contributed by atoms with van der Waals surface area (Å²) in [4.78, 5) is 14.0. The Morgan fingerprint density at radius 1 is 1.26 bits per heavy atom. The summed E-state index contributed by atoms with van der Waals surface area (Å²) < 4.78 is 23.6. The number of halogens is 1. The van der Waals surface area contributed by atoms with Gasteiger partial charge in [0.2, 0.25) is 0 Å². The van der Waals surface area contributed by atoms with Crippen molar-refractivity contribution < 1.29 is 13.2 Å². The lowest BCUT2D eigenvalue weighted by molar-refractivity contribution is 0.0693. The van der Waals surface area contributed by atoms with Crippen LogP contribution in [0.1, 0.15) is 24.2 Å². The summed E-state index contributed by atoms with van der Waals surface area (Å²) in [5.74, 6) is -0.122. The molecule has 0 aromatic heterocycles. The first-order valence-electron chi connectivity index (χ1n) is 6.11. The van der Waals surface area contributed by atoms with Crippen LogP contribution < -0.4 is 0 Å². The number of amides is 1. The second-order valence-electron chi connectivity index (χ2n) is 4.82. The van der Waals surface area contributed by atoms with Gasteiger partial charge in [0.1, 0.15) is 0 Å². The monoisotopic (exact) mass is 301 g/mol. The molecule has 0 bridgehead atoms. The van der Waals surface area contributed by atoms with Gasteiger partial charge in [-0.25, -0.2) is 8.42 Å². The average Bonchev–Trinajstić information content (AvgIpc) is 2.36. The van der Waals surface area contributed by atoms with Gasteiger partial charge in [-0.05, 0) is 38.1 Å². The van der Waals surface area contributed by atoms with E-state index in [1.807, 2.05) is 0 Å². The molecule has 1 heterocycles. The minimum atomic E-state index is -3.08. The SMILES string of the molecule is CC1C(C)S(=O)(=O)CCN1C(=O)c1ccc(Cl)cc1. The van der Waals surface area contributed by atoms with Crippen molar-refractivity contribution in [1.82, 2.24) is 4.90 Å². The smallest absolute Gasteiger partial charge is 0.254 e. The van der Waals surface area contributed by atoms with Crippen LogP contribution in [0.4, 0.5) is 0 Å². The Hall–Kier alpha value is -1.07. The second kappa shape index (κ2) is 5.13. The van der Waals surface area contributed by atoms with Crippen molar-refractivity contribution in [3.8, 4) is 0 Å². The van der Waals surface area contributed by atoms with E-state index in [0.29, 0.717) is 10.6 Å². The van der Waals surface area contributed by atoms with Crippen LogP contribution >= 0.6 is 11.6 Å². The van der Waals surface area contributed by atoms with Gasteiger partial charge in [-0.3, -0.25) is 4.79 Å². The zero-order chi connectivity index (χ0) is 14.2. The number of carbonyl (C=O) groups is 1. The summed E-state index contributed by atoms with van der Waals surface area (Å²) in [6.45, 7) is 3.67. The number of rotatable bonds is 1. The van der Waals surface area contributed by atoms with E-state index in [9.17, 15) is 13.2 Å². The minimum absolute atomic E-state index is 0.0256. The predicted octanol–water partition coefficient (Wildman–Crippen LogP) is 1.99. The highest BCUT2D eigenvalue weighted by atomic mass is 35.5. The summed E-state index contributed by atoms with van der Waals surface area (Å²) in [7, 11) is -3.08. The number of nitrogens with zero attached hydrogens (tertiary/aromatic N) is 1. The van der Waals surface area contributed by atoms with Gasteiger partial charge in [-0.1, -0.05) is 11.6 Å². The largest absolute Gasteiger partial charge is 0.334 e. The van der Waals surface area contributed by atoms with Gasteiger partial charge < -0.3 is 4.90 Å². The van der Waals surface area contributed by atoms with Gasteiger partial charge in [-0.15, -0.1) is 0 Å². The standard InChI is InChI=1S/C13H16ClNO3S/c1-9-10(2)19(17,18)8-7-15(9)13(16)11-3-5-12(14)6-4-11/h3-6,9-10H,7-8H2,1-2H3. The van der Waals surface area contributed by atoms with Crippen LogP contribution in [-0.4, -0.2) is 42.8 Å². The van der Waals surface area contributed by atoms with Crippen molar-refractivity contribution >= 4 is 27.3 Å². The van der Waals surface area contributed by atoms with Crippen LogP contribution in [0.25, 0.3) is 0 Å². The summed E-state index contributed by atoms with van der Waals surface area (Å²) in [5.41, 5.74) is 0.530. The molecule has 0 saturated carbocycles. The van der Waals surface area contributed by atoms with Crippen LogP contribution in [0.3, 0.4) is 0 Å². The van der Waals surface area contributed by atoms with Gasteiger partial charge in [0, 0.05) is 23.2 Å². The fourth-order valence-corrected chi connectivity index (χ4v) is 3.91. The van der Waals surface area contributed by atoms with Crippen molar-refractivity contribution in [1.29, 1.82) is 0 Å². The number of benzene rings is 1. The molecule has 1 saturated heterocycles. The molecule has 1 fully saturated rings. The number of sulfone groups is 1. The molecule has 0 N–H and O–H groups in total. The van der Waals surface area contributed by atoms with Gasteiger partial charge in [0.15, 0.2) is 9.84 Å². The highest BCUT2D eigenvalue weighted by Gasteiger charge is 2.38. The van der Waals surface area contributed by atoms with E-state index in [1.165, 1.54) is 0 Å². The Kier molecular flexibility index (Phi) is 3.87. The third-order valence-corrected chi connectivity index (χ3v) is 6.24. The van der Waals surface area contributed by atoms with Crippen LogP contribution in [0.2, 0.25) is 5.02 Å². The topological polar surface area (TPSA) is 54.5 Å². The summed E-state index contributed by atoms with van der Waals surface area (Å²) >= 11 is 5.79. The Labute approximate surface area is 118 Å². The molecule has 0 aliphatic carbocycles. The van der Waals surface area contributed by atoms with E-state index in [0.717, 1.165) is 0 Å². The first-order chi connectivity index (χ1) is 8.83. The molecule has 2 rings (SSSR count). The minimum Gasteiger partial charge on any atom is -0.334 e. The molecule has 0 radical (unpaired) electrons. The first kappa shape index (κ1) is 14.3. The van der Waals surface area contributed by atoms with Crippen molar-refractivity contribution in [2.45, 2.75) is 25.1 Å². The van der Waals surface area contributed by atoms with E-state index < -0.39 is 15.1 Å². The molecule has 0 spiro atoms. The maximum atomic E-state index is 12.4. The van der Waals surface area contributed by atoms with E-state index in [-0.39, 0.29) is 24.2 Å². The highest BCUT2D eigenvalue weighted by molar-refractivity contribution is 7.92. The zero-order valence-electron chi connectivity index (χ0n) is 10.8. The lowest BCUT2D eigenvalue weighted by Gasteiger charge is -2.37. The molecule has 1 aromatic rings. The zero-order valence-corrected chi connectivity index (χ0v) is 12.4. The normalized spacial score (nSPS) is 26.2. The molecule has 2 unspecified atom stereocenters. The van der Waals surface area contributed by atoms with Crippen molar-refractivity contribution in [3.05, 3.63) is 34.9 Å². The van der Waals surface area contributed by atoms with Crippen LogP contribution in [0.15, 0.2) is 24.3 Å². The lowest BCUT2D eigenvalue weighted by atomic mass is 10.1. The van der Waals surface area contributed by atoms with Gasteiger partial charge in [0.25, 0.3) is 5.91 Å². The van der Waals surface area contributed by atoms with Gasteiger partial charge in [-0.2, -0.15) is 0 Å². The molecule has 19 heavy (non-hydrogen) atoms. The highest BCUT2D eigenvalue weighted by Crippen LogP contribution is 2.22. The maximum absolute atomic E-state index is 12.4. The molecule has 4 nitrogen and oxygen atoms in total. The molecule has 6 heteroatoms. The van der Waals surface area contributed by atoms with E-state index in [1.54, 1.807) is 43.0 Å². The number of hydrogen-bond acceptors (Lipinski definition) is 3. The molecule has 1 aromatic carbocycles. The second-order valence-corrected chi connectivity index (χ2v) is 7.73. The number of hydrogen-bond donors (Lipinski definition) is 0. The molecule has 2 atom stereocenters. The third-order valence-electron chi connectivity index (χ3n) is 3.71. The maximum Gasteiger partial charge on any atom is 0.254 e. The van der Waals surface area contributed by atoms with Gasteiger partial charge >= 0.3 is 0 Å². The quantitative estimate of drug-likeness (QED) is 0.797. The fourth-order valence-electron chi connectivity index (χ4n) is 2.21. The van der Waals surface area contributed by atoms with Crippen molar-refractivity contribution in [2.24, 2.45) is 0 Å². The van der Waals surface area contributed by atoms with E-state index in [4.69, 9.17) is 11.6 Å². The molecular weight excluding hydrogens is 286 g/mol. The number of carbonyl (C=O) groups excluding carboxylic acids is 1. The fraction of sp³-hybridized carbons (Fsp3) is 0.462. The van der Waals surface area contributed by atoms with E-state index >= 15 is 0 Å². The van der Waals surface area contributed by atoms with Crippen molar-refractivity contribution in [3.63, 3.8) is 0 Å². The molecule has 1 aliphatic heterocycles. The molecule has 104 valence electrons. The van der Waals surface area contributed by atoms with Crippen LogP contribution in [0.5, 0.6) is 0 Å². The summed E-state index contributed by atoms with van der Waals surface area (Å²) in [6.07, 6.45) is 0. The van der Waals surface area contributed by atoms with Crippen molar-refractivity contribution in [2.75, 3.05) is 12.3 Å². The molecule has 1 amide bonds. The Balaban J connectivity index is 2.23. The first-order valence-corrected chi connectivity index (χ1v) is 8.20. The Bertz CT molecular complexity index is 582. The Morgan fingerprint density at radius 3 is 2.42 bits per heavy atom.